The highest BCUT2D eigenvalue weighted by Crippen LogP contribution is 2.43. The van der Waals surface area contributed by atoms with Gasteiger partial charge in [0.1, 0.15) is 17.1 Å². The standard InChI is InChI=1S/C25H29N3O3S2/c1-15(2)10-12-19-17-8-6-7-9-18(17)23(30-3)22(24(19)31-4)25-26-20-13-11-16(27-32-5)14-21(20)33(29)28-25/h6-9,11,13-15,27H,10,12H2,1-5H3,(H,26,28). The second kappa shape index (κ2) is 10.1. The summed E-state index contributed by atoms with van der Waals surface area (Å²) in [5, 5.41) is 5.46. The van der Waals surface area contributed by atoms with Crippen molar-refractivity contribution in [1.29, 1.82) is 0 Å². The van der Waals surface area contributed by atoms with Gasteiger partial charge in [-0.3, -0.25) is 0 Å². The van der Waals surface area contributed by atoms with E-state index in [-0.39, 0.29) is 0 Å². The Morgan fingerprint density at radius 2 is 1.82 bits per heavy atom. The van der Waals surface area contributed by atoms with Crippen molar-refractivity contribution in [3.05, 3.63) is 53.6 Å². The minimum Gasteiger partial charge on any atom is -0.496 e. The number of amidine groups is 1. The van der Waals surface area contributed by atoms with Gasteiger partial charge in [-0.25, -0.2) is 4.21 Å². The number of benzene rings is 3. The third-order valence-electron chi connectivity index (χ3n) is 5.66. The zero-order valence-electron chi connectivity index (χ0n) is 19.5. The average molecular weight is 484 g/mol. The van der Waals surface area contributed by atoms with Crippen molar-refractivity contribution < 1.29 is 13.7 Å². The molecule has 8 heteroatoms. The van der Waals surface area contributed by atoms with E-state index in [4.69, 9.17) is 9.47 Å². The van der Waals surface area contributed by atoms with E-state index < -0.39 is 11.0 Å². The molecule has 0 aromatic heterocycles. The summed E-state index contributed by atoms with van der Waals surface area (Å²) < 4.78 is 32.7. The lowest BCUT2D eigenvalue weighted by Gasteiger charge is -2.24. The molecule has 0 radical (unpaired) electrons. The number of hydrogen-bond donors (Lipinski definition) is 2. The number of anilines is 2. The van der Waals surface area contributed by atoms with Gasteiger partial charge in [-0.05, 0) is 42.3 Å². The van der Waals surface area contributed by atoms with Gasteiger partial charge in [0.05, 0.1) is 24.8 Å². The van der Waals surface area contributed by atoms with Gasteiger partial charge in [-0.1, -0.05) is 50.1 Å². The lowest BCUT2D eigenvalue weighted by atomic mass is 9.92. The first-order chi connectivity index (χ1) is 16.0. The topological polar surface area (TPSA) is 72.0 Å². The van der Waals surface area contributed by atoms with Crippen LogP contribution in [0.2, 0.25) is 0 Å². The fraction of sp³-hybridized carbons (Fsp3) is 0.320. The summed E-state index contributed by atoms with van der Waals surface area (Å²) in [4.78, 5) is 0.636. The molecule has 0 saturated heterocycles. The van der Waals surface area contributed by atoms with Crippen LogP contribution in [0.5, 0.6) is 11.5 Å². The van der Waals surface area contributed by atoms with E-state index in [9.17, 15) is 4.21 Å². The first-order valence-electron chi connectivity index (χ1n) is 10.8. The summed E-state index contributed by atoms with van der Waals surface area (Å²) in [6.07, 6.45) is 3.82. The van der Waals surface area contributed by atoms with Gasteiger partial charge in [-0.15, -0.1) is 0 Å². The van der Waals surface area contributed by atoms with E-state index in [2.05, 4.69) is 34.4 Å². The highest BCUT2D eigenvalue weighted by Gasteiger charge is 2.28. The molecule has 6 nitrogen and oxygen atoms in total. The molecule has 1 unspecified atom stereocenters. The fourth-order valence-corrected chi connectivity index (χ4v) is 5.43. The van der Waals surface area contributed by atoms with Crippen LogP contribution in [0.25, 0.3) is 10.8 Å². The third kappa shape index (κ3) is 4.54. The molecular weight excluding hydrogens is 454 g/mol. The Labute approximate surface area is 201 Å². The number of fused-ring (bicyclic) bond motifs is 2. The van der Waals surface area contributed by atoms with E-state index >= 15 is 0 Å². The molecular formula is C25H29N3O3S2. The summed E-state index contributed by atoms with van der Waals surface area (Å²) in [5.41, 5.74) is 3.44. The Morgan fingerprint density at radius 1 is 1.09 bits per heavy atom. The van der Waals surface area contributed by atoms with Crippen LogP contribution in [0.4, 0.5) is 11.4 Å². The van der Waals surface area contributed by atoms with Crippen molar-refractivity contribution in [3.63, 3.8) is 0 Å². The maximum atomic E-state index is 13.2. The molecule has 1 aliphatic rings. The van der Waals surface area contributed by atoms with Gasteiger partial charge in [0, 0.05) is 22.9 Å². The van der Waals surface area contributed by atoms with Gasteiger partial charge in [-0.2, -0.15) is 4.40 Å². The van der Waals surface area contributed by atoms with Crippen LogP contribution >= 0.6 is 11.9 Å². The van der Waals surface area contributed by atoms with Crippen molar-refractivity contribution >= 4 is 50.9 Å². The second-order valence-electron chi connectivity index (χ2n) is 8.23. The summed E-state index contributed by atoms with van der Waals surface area (Å²) in [6.45, 7) is 4.43. The zero-order valence-corrected chi connectivity index (χ0v) is 21.2. The molecule has 3 aromatic rings. The summed E-state index contributed by atoms with van der Waals surface area (Å²) >= 11 is 1.48. The maximum Gasteiger partial charge on any atom is 0.176 e. The molecule has 33 heavy (non-hydrogen) atoms. The van der Waals surface area contributed by atoms with Crippen molar-refractivity contribution in [3.8, 4) is 11.5 Å². The molecule has 0 aliphatic carbocycles. The van der Waals surface area contributed by atoms with E-state index in [0.717, 1.165) is 40.6 Å². The second-order valence-corrected chi connectivity index (χ2v) is 9.96. The Hall–Kier alpha value is -2.71. The Kier molecular flexibility index (Phi) is 7.14. The van der Waals surface area contributed by atoms with Crippen molar-refractivity contribution in [2.45, 2.75) is 31.6 Å². The van der Waals surface area contributed by atoms with Crippen molar-refractivity contribution in [2.75, 3.05) is 30.5 Å². The summed E-state index contributed by atoms with van der Waals surface area (Å²) in [7, 11) is 1.75. The number of hydrogen-bond acceptors (Lipinski definition) is 6. The monoisotopic (exact) mass is 483 g/mol. The van der Waals surface area contributed by atoms with Gasteiger partial charge < -0.3 is 19.5 Å². The number of nitrogens with one attached hydrogen (secondary N) is 2. The molecule has 0 spiro atoms. The van der Waals surface area contributed by atoms with Crippen LogP contribution in [-0.2, 0) is 17.4 Å². The number of methoxy groups -OCH3 is 2. The first-order valence-corrected chi connectivity index (χ1v) is 13.2. The quantitative estimate of drug-likeness (QED) is 0.381. The molecule has 4 rings (SSSR count). The molecule has 0 amide bonds. The Balaban J connectivity index is 1.91. The van der Waals surface area contributed by atoms with Crippen LogP contribution < -0.4 is 19.5 Å². The largest absolute Gasteiger partial charge is 0.496 e. The minimum atomic E-state index is -1.57. The predicted molar refractivity (Wildman–Crippen MR) is 140 cm³/mol. The lowest BCUT2D eigenvalue weighted by Crippen LogP contribution is -2.22. The van der Waals surface area contributed by atoms with Crippen LogP contribution in [0.3, 0.4) is 0 Å². The van der Waals surface area contributed by atoms with Crippen LogP contribution in [0.15, 0.2) is 51.8 Å². The van der Waals surface area contributed by atoms with E-state index in [1.165, 1.54) is 11.9 Å². The van der Waals surface area contributed by atoms with E-state index in [1.807, 2.05) is 42.7 Å². The first kappa shape index (κ1) is 23.4. The molecule has 3 aromatic carbocycles. The Bertz CT molecular complexity index is 1240. The SMILES string of the molecule is COc1c(C2=NS(=O)c3cc(NSC)ccc3N2)c(OC)c2ccccc2c1CCC(C)C. The molecule has 0 saturated carbocycles. The number of ether oxygens (including phenoxy) is 2. The van der Waals surface area contributed by atoms with Crippen LogP contribution in [-0.4, -0.2) is 30.5 Å². The van der Waals surface area contributed by atoms with Crippen LogP contribution in [0, 0.1) is 5.92 Å². The molecule has 1 atom stereocenters. The smallest absolute Gasteiger partial charge is 0.176 e. The molecule has 2 N–H and O–H groups in total. The molecule has 1 heterocycles. The third-order valence-corrected chi connectivity index (χ3v) is 7.16. The van der Waals surface area contributed by atoms with Gasteiger partial charge in [0.25, 0.3) is 0 Å². The average Bonchev–Trinajstić information content (AvgIpc) is 2.81. The minimum absolute atomic E-state index is 0.483. The lowest BCUT2D eigenvalue weighted by molar-refractivity contribution is 0.392. The summed E-state index contributed by atoms with van der Waals surface area (Å²) in [6, 6.07) is 13.9. The van der Waals surface area contributed by atoms with Crippen LogP contribution in [0.1, 0.15) is 31.4 Å². The molecule has 0 fully saturated rings. The molecule has 1 aliphatic heterocycles. The highest BCUT2D eigenvalue weighted by molar-refractivity contribution is 7.99. The summed E-state index contributed by atoms with van der Waals surface area (Å²) in [5.74, 6) is 2.39. The van der Waals surface area contributed by atoms with E-state index in [1.54, 1.807) is 14.2 Å². The van der Waals surface area contributed by atoms with E-state index in [0.29, 0.717) is 33.7 Å². The normalized spacial score (nSPS) is 15.1. The molecule has 0 bridgehead atoms. The molecule has 174 valence electrons. The van der Waals surface area contributed by atoms with Gasteiger partial charge in [0.15, 0.2) is 16.8 Å². The Morgan fingerprint density at radius 3 is 2.48 bits per heavy atom. The zero-order chi connectivity index (χ0) is 23.5. The fourth-order valence-electron chi connectivity index (χ4n) is 4.13. The van der Waals surface area contributed by atoms with Gasteiger partial charge in [0.2, 0.25) is 0 Å². The number of aryl methyl sites for hydroxylation is 1. The van der Waals surface area contributed by atoms with Gasteiger partial charge >= 0.3 is 0 Å². The number of rotatable bonds is 8. The predicted octanol–water partition coefficient (Wildman–Crippen LogP) is 6.03. The van der Waals surface area contributed by atoms with Crippen molar-refractivity contribution in [1.82, 2.24) is 0 Å². The highest BCUT2D eigenvalue weighted by atomic mass is 32.2. The van der Waals surface area contributed by atoms with Crippen molar-refractivity contribution in [2.24, 2.45) is 10.3 Å². The maximum absolute atomic E-state index is 13.2. The number of nitrogens with zero attached hydrogens (tertiary/aromatic N) is 1.